The largest absolute Gasteiger partial charge is 0.465 e. The van der Waals surface area contributed by atoms with Gasteiger partial charge in [0.2, 0.25) is 0 Å². The van der Waals surface area contributed by atoms with Crippen molar-refractivity contribution in [3.8, 4) is 11.3 Å². The van der Waals surface area contributed by atoms with Crippen molar-refractivity contribution in [1.82, 2.24) is 23.7 Å². The highest BCUT2D eigenvalue weighted by atomic mass is 32.2. The minimum atomic E-state index is -3.95. The normalized spacial score (nSPS) is 12.2. The first-order valence-corrected chi connectivity index (χ1v) is 15.3. The summed E-state index contributed by atoms with van der Waals surface area (Å²) in [4.78, 5) is 20.2. The lowest BCUT2D eigenvalue weighted by molar-refractivity contribution is 0.115. The number of sulfone groups is 1. The topological polar surface area (TPSA) is 162 Å². The van der Waals surface area contributed by atoms with Gasteiger partial charge in [0, 0.05) is 24.6 Å². The summed E-state index contributed by atoms with van der Waals surface area (Å²) in [6.07, 6.45) is 2.89. The van der Waals surface area contributed by atoms with Crippen molar-refractivity contribution in [3.05, 3.63) is 78.4 Å². The zero-order valence-electron chi connectivity index (χ0n) is 21.5. The fourth-order valence-electron chi connectivity index (χ4n) is 4.27. The molecule has 0 spiro atoms. The van der Waals surface area contributed by atoms with E-state index >= 15 is 0 Å². The van der Waals surface area contributed by atoms with E-state index in [0.29, 0.717) is 28.1 Å². The molecule has 0 saturated carbocycles. The minimum Gasteiger partial charge on any atom is -0.465 e. The highest BCUT2D eigenvalue weighted by molar-refractivity contribution is 7.90. The molecule has 3 aromatic heterocycles. The van der Waals surface area contributed by atoms with Crippen LogP contribution >= 0.6 is 0 Å². The molecule has 5 aromatic rings. The number of hydrogen-bond acceptors (Lipinski definition) is 8. The Morgan fingerprint density at radius 2 is 1.65 bits per heavy atom. The van der Waals surface area contributed by atoms with Crippen LogP contribution < -0.4 is 5.32 Å². The fourth-order valence-corrected chi connectivity index (χ4v) is 6.19. The molecule has 2 aromatic carbocycles. The van der Waals surface area contributed by atoms with E-state index in [-0.39, 0.29) is 35.2 Å². The van der Waals surface area contributed by atoms with Crippen LogP contribution in [0.3, 0.4) is 0 Å². The summed E-state index contributed by atoms with van der Waals surface area (Å²) in [5.74, 6) is 0.422. The Kier molecular flexibility index (Phi) is 7.08. The van der Waals surface area contributed by atoms with E-state index < -0.39 is 26.0 Å². The first-order valence-electron chi connectivity index (χ1n) is 12.0. The van der Waals surface area contributed by atoms with Crippen LogP contribution in [0.15, 0.2) is 76.8 Å². The number of rotatable bonds is 9. The second kappa shape index (κ2) is 10.4. The zero-order chi connectivity index (χ0) is 28.7. The Bertz CT molecular complexity index is 1940. The predicted molar refractivity (Wildman–Crippen MR) is 146 cm³/mol. The number of hydrogen-bond donors (Lipinski definition) is 2. The van der Waals surface area contributed by atoms with Gasteiger partial charge < -0.3 is 15.2 Å². The Balaban J connectivity index is 1.63. The number of fused-ring (bicyclic) bond motifs is 3. The maximum absolute atomic E-state index is 13.4. The molecule has 0 unspecified atom stereocenters. The second-order valence-electron chi connectivity index (χ2n) is 9.08. The van der Waals surface area contributed by atoms with Gasteiger partial charge in [-0.05, 0) is 37.3 Å². The van der Waals surface area contributed by atoms with Crippen molar-refractivity contribution in [2.24, 2.45) is 0 Å². The van der Waals surface area contributed by atoms with Gasteiger partial charge in [-0.2, -0.15) is 0 Å². The molecule has 0 aliphatic carbocycles. The summed E-state index contributed by atoms with van der Waals surface area (Å²) in [7, 11) is -7.34. The minimum absolute atomic E-state index is 0.0150. The van der Waals surface area contributed by atoms with Gasteiger partial charge in [0.05, 0.1) is 39.3 Å². The van der Waals surface area contributed by atoms with Gasteiger partial charge in [-0.1, -0.05) is 29.8 Å². The molecule has 0 aliphatic rings. The molecule has 1 amide bonds. The number of aryl methyl sites for hydroxylation is 1. The molecule has 0 aliphatic heterocycles. The predicted octanol–water partition coefficient (Wildman–Crippen LogP) is 3.08. The first-order chi connectivity index (χ1) is 19.0. The summed E-state index contributed by atoms with van der Waals surface area (Å²) in [5, 5.41) is 11.0. The number of nitrogens with zero attached hydrogens (tertiary/aromatic N) is 4. The summed E-state index contributed by atoms with van der Waals surface area (Å²) in [6, 6.07) is 14.4. The monoisotopic (exact) mass is 583 g/mol. The molecule has 40 heavy (non-hydrogen) atoms. The smallest absolute Gasteiger partial charge is 0.404 e. The van der Waals surface area contributed by atoms with Gasteiger partial charge in [-0.25, -0.2) is 35.6 Å². The number of benzene rings is 2. The zero-order valence-corrected chi connectivity index (χ0v) is 23.1. The van der Waals surface area contributed by atoms with E-state index in [4.69, 9.17) is 14.8 Å². The number of amides is 1. The van der Waals surface area contributed by atoms with Crippen LogP contribution in [-0.4, -0.2) is 65.8 Å². The molecule has 0 bridgehead atoms. The van der Waals surface area contributed by atoms with Crippen LogP contribution in [0.4, 0.5) is 4.79 Å². The number of carbonyl (C=O) groups is 1. The van der Waals surface area contributed by atoms with Crippen LogP contribution in [0.2, 0.25) is 0 Å². The summed E-state index contributed by atoms with van der Waals surface area (Å²) in [5.41, 5.74) is 3.23. The van der Waals surface area contributed by atoms with Crippen molar-refractivity contribution in [1.29, 1.82) is 0 Å². The Morgan fingerprint density at radius 1 is 0.975 bits per heavy atom. The van der Waals surface area contributed by atoms with Crippen LogP contribution in [0.25, 0.3) is 27.9 Å². The molecule has 208 valence electrons. The third kappa shape index (κ3) is 5.15. The van der Waals surface area contributed by atoms with Crippen molar-refractivity contribution in [2.75, 3.05) is 19.4 Å². The fraction of sp³-hybridized carbons (Fsp3) is 0.192. The third-order valence-corrected chi connectivity index (χ3v) is 9.03. The Hall–Kier alpha value is -4.27. The van der Waals surface area contributed by atoms with Gasteiger partial charge in [0.25, 0.3) is 10.0 Å². The molecule has 5 rings (SSSR count). The van der Waals surface area contributed by atoms with Crippen LogP contribution in [-0.2, 0) is 31.2 Å². The highest BCUT2D eigenvalue weighted by Crippen LogP contribution is 2.30. The van der Waals surface area contributed by atoms with Crippen molar-refractivity contribution >= 4 is 42.6 Å². The number of carboxylic acid groups (broad SMARTS) is 1. The molecule has 0 saturated heterocycles. The Labute approximate surface area is 229 Å². The van der Waals surface area contributed by atoms with Crippen molar-refractivity contribution in [3.63, 3.8) is 0 Å². The van der Waals surface area contributed by atoms with Gasteiger partial charge in [-0.15, -0.1) is 0 Å². The standard InChI is InChI=1S/C26H25N5O7S2/c1-17-3-7-20(8-4-17)40(36,37)30-13-11-21-25(30)28-15-22-24(18-5-9-19(10-6-18)39(2,34)35)29-23(31(21)22)16-38-14-12-27-26(32)33/h3-11,13,15,27H,12,14,16H2,1-2H3,(H,32,33). The average Bonchev–Trinajstić information content (AvgIpc) is 3.50. The number of imidazole rings is 1. The van der Waals surface area contributed by atoms with E-state index in [1.807, 2.05) is 6.92 Å². The summed E-state index contributed by atoms with van der Waals surface area (Å²) < 4.78 is 59.2. The Morgan fingerprint density at radius 3 is 2.30 bits per heavy atom. The van der Waals surface area contributed by atoms with Crippen LogP contribution in [0.5, 0.6) is 0 Å². The highest BCUT2D eigenvalue weighted by Gasteiger charge is 2.23. The second-order valence-corrected chi connectivity index (χ2v) is 12.9. The van der Waals surface area contributed by atoms with Crippen LogP contribution in [0, 0.1) is 6.92 Å². The third-order valence-electron chi connectivity index (χ3n) is 6.23. The number of ether oxygens (including phenoxy) is 1. The van der Waals surface area contributed by atoms with E-state index in [0.717, 1.165) is 15.8 Å². The molecule has 0 radical (unpaired) electrons. The lowest BCUT2D eigenvalue weighted by atomic mass is 10.1. The van der Waals surface area contributed by atoms with E-state index in [2.05, 4.69) is 10.3 Å². The van der Waals surface area contributed by atoms with Crippen molar-refractivity contribution < 1.29 is 31.5 Å². The van der Waals surface area contributed by atoms with Crippen LogP contribution in [0.1, 0.15) is 11.4 Å². The molecular weight excluding hydrogens is 558 g/mol. The average molecular weight is 584 g/mol. The van der Waals surface area contributed by atoms with Gasteiger partial charge in [0.15, 0.2) is 15.5 Å². The molecule has 2 N–H and O–H groups in total. The lowest BCUT2D eigenvalue weighted by Gasteiger charge is -2.09. The van der Waals surface area contributed by atoms with E-state index in [9.17, 15) is 21.6 Å². The molecule has 12 nitrogen and oxygen atoms in total. The van der Waals surface area contributed by atoms with Crippen molar-refractivity contribution in [2.45, 2.75) is 23.3 Å². The molecule has 14 heteroatoms. The van der Waals surface area contributed by atoms with Gasteiger partial charge in [-0.3, -0.25) is 4.40 Å². The molecule has 0 fully saturated rings. The maximum atomic E-state index is 13.4. The first kappa shape index (κ1) is 27.3. The van der Waals surface area contributed by atoms with Gasteiger partial charge in [0.1, 0.15) is 12.4 Å². The van der Waals surface area contributed by atoms with E-state index in [1.165, 1.54) is 36.7 Å². The maximum Gasteiger partial charge on any atom is 0.404 e. The van der Waals surface area contributed by atoms with E-state index in [1.54, 1.807) is 34.7 Å². The quantitative estimate of drug-likeness (QED) is 0.248. The molecule has 0 atom stereocenters. The van der Waals surface area contributed by atoms with Gasteiger partial charge >= 0.3 is 6.09 Å². The number of aromatic nitrogens is 4. The molecule has 3 heterocycles. The SMILES string of the molecule is Cc1ccc(S(=O)(=O)n2ccc3c2ncc2c(-c4ccc(S(C)(=O)=O)cc4)nc(COCCNC(=O)O)n23)cc1. The number of nitrogens with one attached hydrogen (secondary N) is 1. The summed E-state index contributed by atoms with van der Waals surface area (Å²) in [6.45, 7) is 2.00. The summed E-state index contributed by atoms with van der Waals surface area (Å²) >= 11 is 0. The lowest BCUT2D eigenvalue weighted by Crippen LogP contribution is -2.25. The molecular formula is C26H25N5O7S2.